The van der Waals surface area contributed by atoms with Gasteiger partial charge in [-0.25, -0.2) is 26.3 Å². The fraction of sp³-hybridized carbons (Fsp3) is 0.0118. The molecule has 0 aromatic heterocycles. The van der Waals surface area contributed by atoms with Gasteiger partial charge in [0.1, 0.15) is 52.0 Å². The highest BCUT2D eigenvalue weighted by Crippen LogP contribution is 2.53. The number of anilines is 15. The molecule has 18 rings (SSSR count). The van der Waals surface area contributed by atoms with Crippen LogP contribution in [-0.2, 0) is 0 Å². The molecule has 14 aromatic carbocycles. The van der Waals surface area contributed by atoms with Gasteiger partial charge in [0.2, 0.25) is 6.71 Å². The van der Waals surface area contributed by atoms with E-state index in [-0.39, 0.29) is 17.1 Å². The molecule has 0 bridgehead atoms. The molecule has 0 atom stereocenters. The fourth-order valence-electron chi connectivity index (χ4n) is 15.4. The molecule has 0 radical (unpaired) electrons. The standard InChI is InChI=1S/C85H53B2F6N5S/c1-52-22-11-15-38-71(52)96-75-51-79-64(50-63(75)86-61-30-13-17-40-73(61)97(84-67(90)34-20-35-68(84)91)77-47-58(46-76(96)81(77)86)95(56-27-9-4-10-28-56)83-65(88)32-19-33-66(83)89)87-62-31-14-18-41-74(62)98(85-69(92)36-21-37-70(85)93)78-48-59(49-80(99-79)82(78)87)94(57-44-42-54(43-45-57)53-23-5-2-6-24-53)72-39-16-12-29-60(72)55-25-7-3-8-26-55/h2-51H,1H3. The maximum absolute atomic E-state index is 17.2. The lowest BCUT2D eigenvalue weighted by atomic mass is 9.31. The van der Waals surface area contributed by atoms with Crippen LogP contribution in [0.15, 0.2) is 313 Å². The molecule has 0 aliphatic carbocycles. The summed E-state index contributed by atoms with van der Waals surface area (Å²) in [6, 6.07) is 93.7. The van der Waals surface area contributed by atoms with E-state index in [2.05, 4.69) is 94.7 Å². The van der Waals surface area contributed by atoms with Crippen LogP contribution in [0.2, 0.25) is 0 Å². The third kappa shape index (κ3) is 9.59. The molecule has 4 heterocycles. The first-order chi connectivity index (χ1) is 48.6. The summed E-state index contributed by atoms with van der Waals surface area (Å²) in [5.74, 6) is -4.74. The van der Waals surface area contributed by atoms with Gasteiger partial charge in [-0.05, 0) is 172 Å². The van der Waals surface area contributed by atoms with Gasteiger partial charge in [0.05, 0.1) is 11.4 Å². The molecule has 5 nitrogen and oxygen atoms in total. The molecular weight excluding hydrogens is 1260 g/mol. The number of hydrogen-bond acceptors (Lipinski definition) is 6. The van der Waals surface area contributed by atoms with E-state index in [1.54, 1.807) is 51.9 Å². The van der Waals surface area contributed by atoms with Crippen LogP contribution in [0.4, 0.5) is 112 Å². The minimum atomic E-state index is -0.822. The number of halogens is 6. The van der Waals surface area contributed by atoms with Crippen molar-refractivity contribution >= 4 is 143 Å². The number of hydrogen-bond donors (Lipinski definition) is 0. The van der Waals surface area contributed by atoms with E-state index in [4.69, 9.17) is 0 Å². The number of fused-ring (bicyclic) bond motifs is 8. The summed E-state index contributed by atoms with van der Waals surface area (Å²) in [5.41, 5.74) is 16.3. The van der Waals surface area contributed by atoms with Crippen molar-refractivity contribution in [2.45, 2.75) is 16.7 Å². The molecule has 4 aliphatic rings. The highest BCUT2D eigenvalue weighted by atomic mass is 32.2. The minimum Gasteiger partial charge on any atom is -0.311 e. The first kappa shape index (κ1) is 59.6. The van der Waals surface area contributed by atoms with Crippen LogP contribution in [-0.4, -0.2) is 13.4 Å². The summed E-state index contributed by atoms with van der Waals surface area (Å²) >= 11 is 1.58. The van der Waals surface area contributed by atoms with Gasteiger partial charge in [0.25, 0.3) is 6.71 Å². The molecule has 0 unspecified atom stereocenters. The summed E-state index contributed by atoms with van der Waals surface area (Å²) in [4.78, 5) is 11.1. The smallest absolute Gasteiger partial charge is 0.252 e. The highest BCUT2D eigenvalue weighted by Gasteiger charge is 2.49. The van der Waals surface area contributed by atoms with Crippen LogP contribution in [0, 0.1) is 41.8 Å². The topological polar surface area (TPSA) is 16.2 Å². The van der Waals surface area contributed by atoms with Crippen LogP contribution in [0.3, 0.4) is 0 Å². The number of para-hydroxylation sites is 8. The molecule has 0 saturated carbocycles. The second-order valence-corrected chi connectivity index (χ2v) is 26.2. The zero-order valence-corrected chi connectivity index (χ0v) is 53.8. The predicted octanol–water partition coefficient (Wildman–Crippen LogP) is 19.9. The van der Waals surface area contributed by atoms with E-state index in [0.717, 1.165) is 93.4 Å². The lowest BCUT2D eigenvalue weighted by Gasteiger charge is -2.46. The normalized spacial score (nSPS) is 12.9. The number of aryl methyl sites for hydroxylation is 1. The average Bonchev–Trinajstić information content (AvgIpc) is 0.689. The van der Waals surface area contributed by atoms with Crippen LogP contribution in [0.25, 0.3) is 22.3 Å². The Morgan fingerprint density at radius 1 is 0.293 bits per heavy atom. The molecule has 0 amide bonds. The molecule has 472 valence electrons. The maximum atomic E-state index is 17.2. The van der Waals surface area contributed by atoms with Gasteiger partial charge in [-0.2, -0.15) is 0 Å². The van der Waals surface area contributed by atoms with E-state index >= 15 is 26.3 Å². The van der Waals surface area contributed by atoms with Crippen molar-refractivity contribution in [3.8, 4) is 22.3 Å². The zero-order valence-electron chi connectivity index (χ0n) is 52.9. The molecule has 99 heavy (non-hydrogen) atoms. The number of nitrogens with zero attached hydrogens (tertiary/aromatic N) is 5. The molecule has 0 fully saturated rings. The monoisotopic (exact) mass is 1310 g/mol. The van der Waals surface area contributed by atoms with Crippen molar-refractivity contribution in [3.63, 3.8) is 0 Å². The summed E-state index contributed by atoms with van der Waals surface area (Å²) in [7, 11) is 0. The number of rotatable bonds is 11. The first-order valence-electron chi connectivity index (χ1n) is 32.7. The molecular formula is C85H53B2F6N5S. The third-order valence-corrected chi connectivity index (χ3v) is 20.7. The van der Waals surface area contributed by atoms with Gasteiger partial charge >= 0.3 is 0 Å². The second-order valence-electron chi connectivity index (χ2n) is 25.1. The van der Waals surface area contributed by atoms with Crippen molar-refractivity contribution in [1.82, 2.24) is 0 Å². The molecule has 4 aliphatic heterocycles. The van der Waals surface area contributed by atoms with Gasteiger partial charge in [0, 0.05) is 72.2 Å². The number of benzene rings is 14. The van der Waals surface area contributed by atoms with Crippen molar-refractivity contribution < 1.29 is 26.3 Å². The van der Waals surface area contributed by atoms with E-state index < -0.39 is 48.3 Å². The van der Waals surface area contributed by atoms with E-state index in [9.17, 15) is 0 Å². The molecule has 0 saturated heterocycles. The SMILES string of the molecule is Cc1ccccc1N1c2cc3c(cc2B2c4ccccc4N(c4c(F)cccc4F)c4cc(N(c5ccccc5)c5c(F)cccc5F)cc1c42)B1c2ccccc2N(c2c(F)cccc2F)c2cc(N(c4ccc(-c5ccccc5)cc4)c4ccccc4-c4ccccc4)cc(c21)S3. The Morgan fingerprint density at radius 3 is 1.34 bits per heavy atom. The van der Waals surface area contributed by atoms with Gasteiger partial charge < -0.3 is 24.5 Å². The lowest BCUT2D eigenvalue weighted by Crippen LogP contribution is -2.64. The zero-order chi connectivity index (χ0) is 66.7. The largest absolute Gasteiger partial charge is 0.311 e. The van der Waals surface area contributed by atoms with Gasteiger partial charge in [-0.3, -0.25) is 0 Å². The average molecular weight is 1310 g/mol. The Labute approximate surface area is 573 Å². The van der Waals surface area contributed by atoms with E-state index in [1.165, 1.54) is 59.5 Å². The Morgan fingerprint density at radius 2 is 0.747 bits per heavy atom. The lowest BCUT2D eigenvalue weighted by molar-refractivity contribution is 0.585. The molecule has 0 N–H and O–H groups in total. The van der Waals surface area contributed by atoms with Crippen molar-refractivity contribution in [3.05, 3.63) is 344 Å². The Balaban J connectivity index is 0.927. The van der Waals surface area contributed by atoms with Crippen molar-refractivity contribution in [1.29, 1.82) is 0 Å². The summed E-state index contributed by atoms with van der Waals surface area (Å²) in [6.45, 7) is 0.867. The van der Waals surface area contributed by atoms with Crippen LogP contribution in [0.5, 0.6) is 0 Å². The Kier molecular flexibility index (Phi) is 14.3. The van der Waals surface area contributed by atoms with E-state index in [1.807, 2.05) is 140 Å². The van der Waals surface area contributed by atoms with Gasteiger partial charge in [0.15, 0.2) is 0 Å². The minimum absolute atomic E-state index is 0.219. The van der Waals surface area contributed by atoms with Crippen LogP contribution < -0.4 is 57.3 Å². The molecule has 14 heteroatoms. The summed E-state index contributed by atoms with van der Waals surface area (Å²) in [5, 5.41) is 0. The van der Waals surface area contributed by atoms with Crippen molar-refractivity contribution in [2.75, 3.05) is 24.5 Å². The van der Waals surface area contributed by atoms with E-state index in [0.29, 0.717) is 45.3 Å². The second kappa shape index (κ2) is 23.8. The van der Waals surface area contributed by atoms with Gasteiger partial charge in [-0.15, -0.1) is 0 Å². The summed E-state index contributed by atoms with van der Waals surface area (Å²) < 4.78 is 102. The molecule has 14 aromatic rings. The third-order valence-electron chi connectivity index (χ3n) is 19.6. The van der Waals surface area contributed by atoms with Crippen LogP contribution >= 0.6 is 11.8 Å². The maximum Gasteiger partial charge on any atom is 0.252 e. The predicted molar refractivity (Wildman–Crippen MR) is 395 cm³/mol. The van der Waals surface area contributed by atoms with Gasteiger partial charge in [-0.1, -0.05) is 205 Å². The fourth-order valence-corrected chi connectivity index (χ4v) is 16.6. The first-order valence-corrected chi connectivity index (χ1v) is 33.5. The quantitative estimate of drug-likeness (QED) is 0.0941. The Bertz CT molecular complexity index is 5530. The van der Waals surface area contributed by atoms with Crippen molar-refractivity contribution in [2.24, 2.45) is 0 Å². The van der Waals surface area contributed by atoms with Crippen LogP contribution in [0.1, 0.15) is 5.56 Å². The Hall–Kier alpha value is -11.9. The highest BCUT2D eigenvalue weighted by molar-refractivity contribution is 8.00. The molecule has 0 spiro atoms. The summed E-state index contributed by atoms with van der Waals surface area (Å²) in [6.07, 6.45) is 0.